The lowest BCUT2D eigenvalue weighted by Gasteiger charge is -2.42. The lowest BCUT2D eigenvalue weighted by atomic mass is 9.80. The third-order valence-corrected chi connectivity index (χ3v) is 24.0. The summed E-state index contributed by atoms with van der Waals surface area (Å²) in [6, 6.07) is 9.69. The zero-order valence-electron chi connectivity index (χ0n) is 73.5. The molecule has 3 fully saturated rings. The normalized spacial score (nSPS) is 27.1. The molecule has 2 aromatic carbocycles. The number of amides is 3. The van der Waals surface area contributed by atoms with Gasteiger partial charge in [-0.3, -0.25) is 19.2 Å². The number of oxazole rings is 1. The summed E-state index contributed by atoms with van der Waals surface area (Å²) in [6.45, 7) is 17.2. The summed E-state index contributed by atoms with van der Waals surface area (Å²) in [5.41, 5.74) is 26.7. The van der Waals surface area contributed by atoms with Crippen LogP contribution in [0, 0.1) is 29.6 Å². The number of piperidine rings is 1. The molecular formula is C90H131N11O24. The number of allylic oxidation sites excluding steroid dienone is 5. The highest BCUT2D eigenvalue weighted by Gasteiger charge is 2.53. The molecular weight excluding hydrogens is 1620 g/mol. The van der Waals surface area contributed by atoms with E-state index in [0.29, 0.717) is 190 Å². The first kappa shape index (κ1) is 98.6. The topological polar surface area (TPSA) is 470 Å². The van der Waals surface area contributed by atoms with E-state index in [9.17, 15) is 49.2 Å². The van der Waals surface area contributed by atoms with Crippen molar-refractivity contribution >= 4 is 69.4 Å². The van der Waals surface area contributed by atoms with Gasteiger partial charge in [0, 0.05) is 82.6 Å². The number of nitrogens with two attached hydrogens (primary N) is 3. The molecule has 10 rings (SSSR count). The Morgan fingerprint density at radius 3 is 2.06 bits per heavy atom. The fraction of sp³-hybridized carbons (Fsp3) is 0.644. The number of ketones is 2. The number of carbonyl (C=O) groups excluding carboxylic acids is 6. The van der Waals surface area contributed by atoms with Crippen LogP contribution in [0.5, 0.6) is 0 Å². The Morgan fingerprint density at radius 2 is 1.38 bits per heavy atom. The Labute approximate surface area is 730 Å². The van der Waals surface area contributed by atoms with Gasteiger partial charge in [-0.15, -0.1) is 0 Å². The fourth-order valence-electron chi connectivity index (χ4n) is 16.6. The molecule has 7 heterocycles. The second-order valence-electron chi connectivity index (χ2n) is 33.3. The Kier molecular flexibility index (Phi) is 39.2. The Hall–Kier alpha value is -8.60. The third kappa shape index (κ3) is 28.7. The maximum Gasteiger partial charge on any atom is 0.407 e. The molecule has 2 saturated heterocycles. The van der Waals surface area contributed by atoms with Crippen molar-refractivity contribution in [1.29, 1.82) is 0 Å². The molecule has 35 nitrogen and oxygen atoms in total. The van der Waals surface area contributed by atoms with Crippen LogP contribution < -0.4 is 22.5 Å². The zero-order valence-corrected chi connectivity index (χ0v) is 73.5. The van der Waals surface area contributed by atoms with Gasteiger partial charge in [0.05, 0.1) is 135 Å². The van der Waals surface area contributed by atoms with Crippen LogP contribution in [0.3, 0.4) is 0 Å². The number of methoxy groups -OCH3 is 2. The Balaban J connectivity index is 0.554. The number of aliphatic hydroxyl groups excluding tert-OH is 3. The summed E-state index contributed by atoms with van der Waals surface area (Å²) >= 11 is 0. The van der Waals surface area contributed by atoms with E-state index in [-0.39, 0.29) is 94.5 Å². The number of alkyl carbamates (subject to hydrolysis) is 1. The summed E-state index contributed by atoms with van der Waals surface area (Å²) in [7, 11) is 3.08. The highest BCUT2D eigenvalue weighted by Crippen LogP contribution is 2.39. The molecule has 35 heteroatoms. The summed E-state index contributed by atoms with van der Waals surface area (Å²) < 4.78 is 82.3. The molecule has 11 N–H and O–H groups in total. The summed E-state index contributed by atoms with van der Waals surface area (Å²) in [5, 5.41) is 54.9. The van der Waals surface area contributed by atoms with Crippen LogP contribution >= 0.6 is 0 Å². The fourth-order valence-corrected chi connectivity index (χ4v) is 16.6. The number of Topliss-reactive ketones (excluding diaryl/α,β-unsaturated/α-hetero) is 2. The summed E-state index contributed by atoms with van der Waals surface area (Å²) in [4.78, 5) is 99.4. The maximum atomic E-state index is 14.7. The van der Waals surface area contributed by atoms with Crippen molar-refractivity contribution in [3.63, 3.8) is 0 Å². The highest BCUT2D eigenvalue weighted by molar-refractivity contribution is 6.39. The number of benzene rings is 2. The van der Waals surface area contributed by atoms with Crippen molar-refractivity contribution in [3.05, 3.63) is 107 Å². The lowest BCUT2D eigenvalue weighted by molar-refractivity contribution is -0.265. The minimum absolute atomic E-state index is 0.0146. The number of hydrogen-bond donors (Lipinski definition) is 8. The number of rotatable bonds is 35. The molecule has 5 aromatic rings. The number of anilines is 2. The van der Waals surface area contributed by atoms with E-state index in [0.717, 1.165) is 27.2 Å². The first-order valence-corrected chi connectivity index (χ1v) is 43.9. The van der Waals surface area contributed by atoms with E-state index in [1.54, 1.807) is 46.9 Å². The van der Waals surface area contributed by atoms with Gasteiger partial charge in [0.15, 0.2) is 17.0 Å². The number of fused-ring (bicyclic) bond motifs is 6. The number of hydrogen-bond acceptors (Lipinski definition) is 31. The molecule has 0 unspecified atom stereocenters. The van der Waals surface area contributed by atoms with E-state index < -0.39 is 114 Å². The van der Waals surface area contributed by atoms with Crippen molar-refractivity contribution < 1.29 is 115 Å². The largest absolute Gasteiger partial charge is 0.459 e. The Bertz CT molecular complexity index is 4420. The SMILES string of the molecule is CO[C@H]1C[C@@H]2CC[C@@H](C)[C@@](O)(O2)C(=O)C(=O)N2CCCC[C@H]2C(=O)O[C@H]([C@H](N)C[C@@H]2CC[C@@H](OC(=O)NCCOCCOCCOCCOCCOCCOCCOCCOCC(=O)N3CCc4cc(Cn5nc(-c6ccc7oc(N)nc7c6)c6c(N)ncnc65)ccc4C3)[C@H](OC)C2)C[C@@H](O)[C@H](C)/C=C(\C)[C@@H](O)[C@@H](O)C(=O)[C@H](C)C[C@H](C)/C=C/C=CC=C1C. The van der Waals surface area contributed by atoms with E-state index >= 15 is 0 Å². The number of aliphatic hydroxyl groups is 4. The average Bonchev–Trinajstić information content (AvgIpc) is 1.46. The van der Waals surface area contributed by atoms with Gasteiger partial charge in [-0.2, -0.15) is 10.1 Å². The van der Waals surface area contributed by atoms with E-state index in [1.807, 2.05) is 72.0 Å². The minimum atomic E-state index is -2.50. The van der Waals surface area contributed by atoms with Crippen LogP contribution in [0.4, 0.5) is 16.6 Å². The van der Waals surface area contributed by atoms with Crippen molar-refractivity contribution in [3.8, 4) is 11.3 Å². The summed E-state index contributed by atoms with van der Waals surface area (Å²) in [5.74, 6) is -8.26. The number of nitrogens with zero attached hydrogens (tertiary/aromatic N) is 7. The Morgan fingerprint density at radius 1 is 0.704 bits per heavy atom. The predicted molar refractivity (Wildman–Crippen MR) is 461 cm³/mol. The molecule has 3 aromatic heterocycles. The van der Waals surface area contributed by atoms with Gasteiger partial charge >= 0.3 is 12.1 Å². The quantitative estimate of drug-likeness (QED) is 0.00913. The van der Waals surface area contributed by atoms with Crippen LogP contribution in [0.25, 0.3) is 33.4 Å². The molecule has 4 aliphatic heterocycles. The molecule has 125 heavy (non-hydrogen) atoms. The van der Waals surface area contributed by atoms with E-state index in [4.69, 9.17) is 88.3 Å². The molecule has 1 saturated carbocycles. The number of aromatic nitrogens is 5. The maximum absolute atomic E-state index is 14.7. The molecule has 0 spiro atoms. The summed E-state index contributed by atoms with van der Waals surface area (Å²) in [6.07, 6.45) is 8.38. The number of nitrogen functional groups attached to an aromatic ring is 2. The molecule has 3 amide bonds. The van der Waals surface area contributed by atoms with Gasteiger partial charge in [0.2, 0.25) is 11.7 Å². The second-order valence-corrected chi connectivity index (χ2v) is 33.3. The standard InChI is InChI=1S/C90H131N11O24/c1-56-14-10-9-11-15-57(2)74(112-7)50-67-22-17-61(6)90(111,125-67)83(107)86(108)100-27-13-12-16-70(100)87(109)122-75(51-71(102)58(3)45-60(5)81(105)82(106)80(104)59(4)44-56)68(91)47-62-19-23-73(76(48-62)113-8)124-89(110)94-26-29-114-30-31-115-32-33-116-34-35-117-36-37-118-38-39-119-40-41-120-42-43-121-54-77(103)99-28-25-64-46-63(18-20-66(64)53-99)52-101-85-78(84(92)95-55-96-85)79(98-101)65-21-24-72-69(49-65)97-88(93)123-72/h9-11,14-15,18,20-21,24,45-46,49,55-56,58-59,61-62,67-68,70-71,73-76,81-82,102,105-106,111H,12-13,16-17,19,22-23,25-44,47-48,50-54,91H2,1-8H3,(H2,93,97)(H,94,110)(H2,92,95,96)/b11-9?,14-10+,57-15?,60-45+/t56-,58-,59-,61-,62+,67+,68-,70+,71-,73-,74+,75+,76-,81-,82+,90-/m1/s1. The number of carbonyl (C=O) groups is 6. The number of ether oxygens (including phenoxy) is 13. The van der Waals surface area contributed by atoms with Crippen LogP contribution in [0.2, 0.25) is 0 Å². The molecule has 690 valence electrons. The number of esters is 1. The van der Waals surface area contributed by atoms with Gasteiger partial charge in [0.1, 0.15) is 60.4 Å². The van der Waals surface area contributed by atoms with Gasteiger partial charge in [-0.25, -0.2) is 24.2 Å². The van der Waals surface area contributed by atoms with E-state index in [1.165, 1.54) is 19.0 Å². The van der Waals surface area contributed by atoms with Crippen molar-refractivity contribution in [2.45, 2.75) is 205 Å². The number of cyclic esters (lactones) is 1. The zero-order chi connectivity index (χ0) is 89.5. The average molecular weight is 1750 g/mol. The van der Waals surface area contributed by atoms with E-state index in [2.05, 4.69) is 32.4 Å². The minimum Gasteiger partial charge on any atom is -0.459 e. The van der Waals surface area contributed by atoms with Crippen LogP contribution in [0.15, 0.2) is 94.7 Å². The van der Waals surface area contributed by atoms with Crippen LogP contribution in [-0.2, 0) is 105 Å². The lowest BCUT2D eigenvalue weighted by Crippen LogP contribution is -2.61. The van der Waals surface area contributed by atoms with Gasteiger partial charge < -0.3 is 119 Å². The van der Waals surface area contributed by atoms with Crippen LogP contribution in [0.1, 0.15) is 135 Å². The van der Waals surface area contributed by atoms with Gasteiger partial charge in [0.25, 0.3) is 17.7 Å². The van der Waals surface area contributed by atoms with Crippen molar-refractivity contribution in [2.24, 2.45) is 35.3 Å². The molecule has 16 atom stereocenters. The highest BCUT2D eigenvalue weighted by atomic mass is 16.6. The smallest absolute Gasteiger partial charge is 0.407 e. The molecule has 1 aliphatic carbocycles. The second kappa shape index (κ2) is 49.7. The van der Waals surface area contributed by atoms with Gasteiger partial charge in [-0.1, -0.05) is 82.4 Å². The van der Waals surface area contributed by atoms with Crippen molar-refractivity contribution in [1.82, 2.24) is 39.8 Å². The monoisotopic (exact) mass is 1750 g/mol. The molecule has 0 radical (unpaired) electrons. The van der Waals surface area contributed by atoms with Gasteiger partial charge in [-0.05, 0) is 142 Å². The first-order valence-electron chi connectivity index (χ1n) is 43.9. The molecule has 2 bridgehead atoms. The first-order chi connectivity index (χ1) is 60.2. The number of nitrogens with one attached hydrogen (secondary N) is 1. The predicted octanol–water partition coefficient (Wildman–Crippen LogP) is 6.62. The van der Waals surface area contributed by atoms with Crippen molar-refractivity contribution in [2.75, 3.05) is 151 Å². The molecule has 5 aliphatic rings. The van der Waals surface area contributed by atoms with Crippen LogP contribution in [-0.4, -0.2) is 297 Å². The third-order valence-electron chi connectivity index (χ3n) is 24.0.